The fourth-order valence-electron chi connectivity index (χ4n) is 2.12. The van der Waals surface area contributed by atoms with Crippen molar-refractivity contribution in [1.82, 2.24) is 10.6 Å². The van der Waals surface area contributed by atoms with E-state index >= 15 is 0 Å². The van der Waals surface area contributed by atoms with Crippen LogP contribution >= 0.6 is 0 Å². The Morgan fingerprint density at radius 1 is 0.958 bits per heavy atom. The van der Waals surface area contributed by atoms with Gasteiger partial charge in [0, 0.05) is 12.6 Å². The maximum Gasteiger partial charge on any atom is 0.239 e. The molecule has 0 radical (unpaired) electrons. The van der Waals surface area contributed by atoms with E-state index in [1.807, 2.05) is 26.0 Å². The molecular formula is C18H30N4O2. The topological polar surface area (TPSA) is 110 Å². The number of nitrogens with one attached hydrogen (secondary N) is 2. The van der Waals surface area contributed by atoms with Gasteiger partial charge in [-0.2, -0.15) is 0 Å². The molecule has 134 valence electrons. The van der Waals surface area contributed by atoms with Crippen LogP contribution in [0.3, 0.4) is 0 Å². The molecule has 1 aromatic rings. The third-order valence-corrected chi connectivity index (χ3v) is 3.99. The summed E-state index contributed by atoms with van der Waals surface area (Å²) in [7, 11) is 0. The zero-order valence-electron chi connectivity index (χ0n) is 15.0. The SMILES string of the molecule is CC(C)c1ccc(C(N)CNC(=O)CNC(=O)[C@@H](N)C(C)C)cc1. The highest BCUT2D eigenvalue weighted by Crippen LogP contribution is 2.17. The van der Waals surface area contributed by atoms with E-state index in [-0.39, 0.29) is 30.3 Å². The van der Waals surface area contributed by atoms with Gasteiger partial charge < -0.3 is 22.1 Å². The Hall–Kier alpha value is -1.92. The van der Waals surface area contributed by atoms with E-state index in [2.05, 4.69) is 36.6 Å². The van der Waals surface area contributed by atoms with Gasteiger partial charge in [0.15, 0.2) is 0 Å². The smallest absolute Gasteiger partial charge is 0.239 e. The van der Waals surface area contributed by atoms with Gasteiger partial charge in [-0.05, 0) is 23.0 Å². The number of hydrogen-bond acceptors (Lipinski definition) is 4. The molecule has 1 rings (SSSR count). The molecule has 6 N–H and O–H groups in total. The molecule has 1 aromatic carbocycles. The van der Waals surface area contributed by atoms with Crippen LogP contribution in [0.1, 0.15) is 50.8 Å². The van der Waals surface area contributed by atoms with E-state index in [1.54, 1.807) is 0 Å². The molecule has 2 amide bonds. The highest BCUT2D eigenvalue weighted by atomic mass is 16.2. The Bertz CT molecular complexity index is 540. The normalized spacial score (nSPS) is 13.7. The van der Waals surface area contributed by atoms with Gasteiger partial charge in [0.25, 0.3) is 0 Å². The number of rotatable bonds is 8. The van der Waals surface area contributed by atoms with Crippen molar-refractivity contribution in [2.24, 2.45) is 17.4 Å². The summed E-state index contributed by atoms with van der Waals surface area (Å²) in [6.07, 6.45) is 0. The summed E-state index contributed by atoms with van der Waals surface area (Å²) in [6, 6.07) is 7.17. The zero-order valence-corrected chi connectivity index (χ0v) is 15.0. The summed E-state index contributed by atoms with van der Waals surface area (Å²) in [5.41, 5.74) is 14.0. The van der Waals surface area contributed by atoms with Gasteiger partial charge in [0.05, 0.1) is 12.6 Å². The second-order valence-corrected chi connectivity index (χ2v) is 6.72. The Balaban J connectivity index is 2.39. The summed E-state index contributed by atoms with van der Waals surface area (Å²) in [6.45, 7) is 8.19. The quantitative estimate of drug-likeness (QED) is 0.569. The Labute approximate surface area is 144 Å². The lowest BCUT2D eigenvalue weighted by Crippen LogP contribution is -2.47. The molecule has 0 saturated heterocycles. The molecule has 1 unspecified atom stereocenters. The van der Waals surface area contributed by atoms with Crippen molar-refractivity contribution in [3.05, 3.63) is 35.4 Å². The predicted octanol–water partition coefficient (Wildman–Crippen LogP) is 1.03. The average molecular weight is 334 g/mol. The molecule has 0 saturated carbocycles. The molecule has 0 aliphatic heterocycles. The van der Waals surface area contributed by atoms with Crippen molar-refractivity contribution < 1.29 is 9.59 Å². The molecule has 0 spiro atoms. The first-order chi connectivity index (χ1) is 11.2. The van der Waals surface area contributed by atoms with E-state index in [9.17, 15) is 9.59 Å². The third-order valence-electron chi connectivity index (χ3n) is 3.99. The fraction of sp³-hybridized carbons (Fsp3) is 0.556. The molecule has 0 bridgehead atoms. The standard InChI is InChI=1S/C18H30N4O2/c1-11(2)13-5-7-14(8-6-13)15(19)9-21-16(23)10-22-18(24)17(20)12(3)4/h5-8,11-12,15,17H,9-10,19-20H2,1-4H3,(H,21,23)(H,22,24)/t15?,17-/m0/s1. The van der Waals surface area contributed by atoms with E-state index in [0.29, 0.717) is 12.5 Å². The maximum atomic E-state index is 11.8. The van der Waals surface area contributed by atoms with Crippen molar-refractivity contribution in [3.63, 3.8) is 0 Å². The zero-order chi connectivity index (χ0) is 18.3. The second kappa shape index (κ2) is 9.39. The Morgan fingerprint density at radius 2 is 1.50 bits per heavy atom. The number of benzene rings is 1. The van der Waals surface area contributed by atoms with Crippen molar-refractivity contribution in [2.45, 2.75) is 45.7 Å². The van der Waals surface area contributed by atoms with Crippen LogP contribution in [0.2, 0.25) is 0 Å². The van der Waals surface area contributed by atoms with Crippen molar-refractivity contribution in [1.29, 1.82) is 0 Å². The third kappa shape index (κ3) is 6.29. The summed E-state index contributed by atoms with van der Waals surface area (Å²) >= 11 is 0. The highest BCUT2D eigenvalue weighted by molar-refractivity contribution is 5.87. The van der Waals surface area contributed by atoms with Crippen LogP contribution in [0.4, 0.5) is 0 Å². The lowest BCUT2D eigenvalue weighted by Gasteiger charge is -2.16. The number of hydrogen-bond donors (Lipinski definition) is 4. The monoisotopic (exact) mass is 334 g/mol. The Kier molecular flexibility index (Phi) is 7.88. The number of amides is 2. The minimum atomic E-state index is -0.612. The second-order valence-electron chi connectivity index (χ2n) is 6.72. The van der Waals surface area contributed by atoms with Crippen LogP contribution < -0.4 is 22.1 Å². The number of carbonyl (C=O) groups is 2. The maximum absolute atomic E-state index is 11.8. The Morgan fingerprint density at radius 3 is 2.00 bits per heavy atom. The number of carbonyl (C=O) groups excluding carboxylic acids is 2. The van der Waals surface area contributed by atoms with Gasteiger partial charge in [-0.3, -0.25) is 9.59 Å². The molecule has 0 aliphatic carbocycles. The molecular weight excluding hydrogens is 304 g/mol. The molecule has 6 heteroatoms. The number of nitrogens with two attached hydrogens (primary N) is 2. The van der Waals surface area contributed by atoms with Crippen LogP contribution in [-0.2, 0) is 9.59 Å². The fourth-order valence-corrected chi connectivity index (χ4v) is 2.12. The van der Waals surface area contributed by atoms with Gasteiger partial charge in [-0.1, -0.05) is 52.0 Å². The van der Waals surface area contributed by atoms with E-state index < -0.39 is 6.04 Å². The van der Waals surface area contributed by atoms with Crippen molar-refractivity contribution >= 4 is 11.8 Å². The van der Waals surface area contributed by atoms with Gasteiger partial charge in [0.2, 0.25) is 11.8 Å². The van der Waals surface area contributed by atoms with Crippen LogP contribution in [0, 0.1) is 5.92 Å². The molecule has 0 heterocycles. The van der Waals surface area contributed by atoms with Crippen LogP contribution in [0.5, 0.6) is 0 Å². The molecule has 24 heavy (non-hydrogen) atoms. The average Bonchev–Trinajstić information content (AvgIpc) is 2.56. The first-order valence-electron chi connectivity index (χ1n) is 8.37. The largest absolute Gasteiger partial charge is 0.353 e. The molecule has 2 atom stereocenters. The lowest BCUT2D eigenvalue weighted by atomic mass is 9.99. The minimum absolute atomic E-state index is 0.0234. The van der Waals surface area contributed by atoms with Gasteiger partial charge in [-0.25, -0.2) is 0 Å². The molecule has 0 aromatic heterocycles. The predicted molar refractivity (Wildman–Crippen MR) is 96.3 cm³/mol. The van der Waals surface area contributed by atoms with Crippen molar-refractivity contribution in [2.75, 3.05) is 13.1 Å². The summed E-state index contributed by atoms with van der Waals surface area (Å²) in [5, 5.41) is 5.25. The molecule has 0 aliphatic rings. The first-order valence-corrected chi connectivity index (χ1v) is 8.37. The summed E-state index contributed by atoms with van der Waals surface area (Å²) in [5.74, 6) is -0.117. The molecule has 0 fully saturated rings. The lowest BCUT2D eigenvalue weighted by molar-refractivity contribution is -0.127. The van der Waals surface area contributed by atoms with Crippen LogP contribution in [0.25, 0.3) is 0 Å². The van der Waals surface area contributed by atoms with Crippen LogP contribution in [-0.4, -0.2) is 30.9 Å². The first kappa shape index (κ1) is 20.1. The van der Waals surface area contributed by atoms with E-state index in [1.165, 1.54) is 5.56 Å². The van der Waals surface area contributed by atoms with Crippen LogP contribution in [0.15, 0.2) is 24.3 Å². The summed E-state index contributed by atoms with van der Waals surface area (Å²) in [4.78, 5) is 23.5. The van der Waals surface area contributed by atoms with Gasteiger partial charge >= 0.3 is 0 Å². The van der Waals surface area contributed by atoms with E-state index in [4.69, 9.17) is 11.5 Å². The minimum Gasteiger partial charge on any atom is -0.353 e. The van der Waals surface area contributed by atoms with E-state index in [0.717, 1.165) is 5.56 Å². The van der Waals surface area contributed by atoms with Gasteiger partial charge in [0.1, 0.15) is 0 Å². The summed E-state index contributed by atoms with van der Waals surface area (Å²) < 4.78 is 0. The highest BCUT2D eigenvalue weighted by Gasteiger charge is 2.17. The van der Waals surface area contributed by atoms with Crippen molar-refractivity contribution in [3.8, 4) is 0 Å². The van der Waals surface area contributed by atoms with Gasteiger partial charge in [-0.15, -0.1) is 0 Å². The molecule has 6 nitrogen and oxygen atoms in total.